The molecule has 2 saturated heterocycles. The molecule has 2 aliphatic heterocycles. The van der Waals surface area contributed by atoms with Gasteiger partial charge in [-0.2, -0.15) is 0 Å². The summed E-state index contributed by atoms with van der Waals surface area (Å²) in [4.78, 5) is 17.9. The van der Waals surface area contributed by atoms with E-state index in [4.69, 9.17) is 5.73 Å². The molecule has 7 nitrogen and oxygen atoms in total. The molecule has 0 unspecified atom stereocenters. The Balaban J connectivity index is 1.11. The molecule has 2 aliphatic rings. The van der Waals surface area contributed by atoms with E-state index in [1.807, 2.05) is 0 Å². The van der Waals surface area contributed by atoms with Crippen LogP contribution in [0, 0.1) is 0 Å². The Bertz CT molecular complexity index is 1450. The maximum absolute atomic E-state index is 12.8. The number of benzene rings is 3. The van der Waals surface area contributed by atoms with Crippen LogP contribution < -0.4 is 16.4 Å². The second-order valence-electron chi connectivity index (χ2n) is 12.0. The maximum Gasteiger partial charge on any atom is 0.240 e. The van der Waals surface area contributed by atoms with E-state index in [-0.39, 0.29) is 5.91 Å². The molecule has 3 aromatic carbocycles. The van der Waals surface area contributed by atoms with Crippen LogP contribution in [0.3, 0.4) is 0 Å². The number of carbonyl (C=O) groups is 1. The fraction of sp³-hybridized carbons (Fsp3) is 0.400. The largest absolute Gasteiger partial charge is 0.354 e. The normalized spacial score (nSPS) is 17.8. The molecule has 3 heterocycles. The number of fused-ring (bicyclic) bond motifs is 1. The number of aryl methyl sites for hydroxylation is 1. The second-order valence-corrected chi connectivity index (χ2v) is 12.0. The molecule has 0 radical (unpaired) electrons. The second kappa shape index (κ2) is 13.2. The van der Waals surface area contributed by atoms with Gasteiger partial charge in [-0.1, -0.05) is 60.7 Å². The average Bonchev–Trinajstić information content (AvgIpc) is 3.39. The summed E-state index contributed by atoms with van der Waals surface area (Å²) >= 11 is 0. The van der Waals surface area contributed by atoms with Gasteiger partial charge >= 0.3 is 0 Å². The third kappa shape index (κ3) is 6.76. The number of carbonyl (C=O) groups excluding carboxylic acids is 1. The van der Waals surface area contributed by atoms with Crippen molar-refractivity contribution in [1.82, 2.24) is 25.0 Å². The summed E-state index contributed by atoms with van der Waals surface area (Å²) in [6.07, 6.45) is 5.44. The van der Waals surface area contributed by atoms with Crippen LogP contribution in [0.4, 0.5) is 0 Å². The molecule has 4 aromatic rings. The van der Waals surface area contributed by atoms with Gasteiger partial charge in [-0.25, -0.2) is 0 Å². The van der Waals surface area contributed by atoms with E-state index in [1.54, 1.807) is 0 Å². The highest BCUT2D eigenvalue weighted by molar-refractivity contribution is 5.87. The third-order valence-corrected chi connectivity index (χ3v) is 8.96. The number of hydrogen-bond acceptors (Lipinski definition) is 5. The Morgan fingerprint density at radius 3 is 2.17 bits per heavy atom. The van der Waals surface area contributed by atoms with Crippen LogP contribution >= 0.6 is 0 Å². The number of para-hydroxylation sites is 1. The van der Waals surface area contributed by atoms with Crippen molar-refractivity contribution in [2.75, 3.05) is 45.8 Å². The maximum atomic E-state index is 12.8. The smallest absolute Gasteiger partial charge is 0.240 e. The molecular weight excluding hydrogens is 520 g/mol. The molecule has 0 saturated carbocycles. The average molecular weight is 565 g/mol. The van der Waals surface area contributed by atoms with Gasteiger partial charge in [0.1, 0.15) is 0 Å². The zero-order valence-electron chi connectivity index (χ0n) is 24.6. The first-order chi connectivity index (χ1) is 20.6. The molecule has 1 amide bonds. The lowest BCUT2D eigenvalue weighted by Gasteiger charge is -2.34. The molecule has 1 aromatic heterocycles. The lowest BCUT2D eigenvalue weighted by molar-refractivity contribution is -0.127. The molecule has 0 aliphatic carbocycles. The van der Waals surface area contributed by atoms with Crippen molar-refractivity contribution in [2.24, 2.45) is 5.73 Å². The number of rotatable bonds is 10. The summed E-state index contributed by atoms with van der Waals surface area (Å²) in [6, 6.07) is 28.3. The monoisotopic (exact) mass is 564 g/mol. The standard InChI is InChI=1S/C35H44N6O/c36-35(15-18-37-19-16-35)34(42)38-17-7-10-30-27-41(31-11-5-2-6-12-31)33-24-29(13-14-32(30)33)26-40-22-20-39(21-23-40)25-28-8-3-1-4-9-28/h1-6,8-9,11-14,24,27,37H,7,10,15-23,25-26,36H2,(H,38,42). The highest BCUT2D eigenvalue weighted by Gasteiger charge is 2.34. The zero-order valence-corrected chi connectivity index (χ0v) is 24.6. The molecule has 0 spiro atoms. The number of nitrogens with two attached hydrogens (primary N) is 1. The highest BCUT2D eigenvalue weighted by atomic mass is 16.2. The first-order valence-corrected chi connectivity index (χ1v) is 15.5. The van der Waals surface area contributed by atoms with Gasteiger partial charge < -0.3 is 20.9 Å². The van der Waals surface area contributed by atoms with Gasteiger partial charge in [-0.05, 0) is 73.7 Å². The molecule has 220 valence electrons. The summed E-state index contributed by atoms with van der Waals surface area (Å²) in [5.74, 6) is -0.0127. The molecule has 42 heavy (non-hydrogen) atoms. The minimum absolute atomic E-state index is 0.0127. The SMILES string of the molecule is NC1(C(=O)NCCCc2cn(-c3ccccc3)c3cc(CN4CCN(Cc5ccccc5)CC4)ccc23)CCNCC1. The number of piperazine rings is 1. The quantitative estimate of drug-likeness (QED) is 0.253. The van der Waals surface area contributed by atoms with Crippen LogP contribution in [0.15, 0.2) is 85.1 Å². The van der Waals surface area contributed by atoms with Crippen molar-refractivity contribution in [3.63, 3.8) is 0 Å². The molecule has 4 N–H and O–H groups in total. The third-order valence-electron chi connectivity index (χ3n) is 8.96. The van der Waals surface area contributed by atoms with Crippen molar-refractivity contribution in [3.8, 4) is 5.69 Å². The number of nitrogens with zero attached hydrogens (tertiary/aromatic N) is 3. The molecule has 0 bridgehead atoms. The van der Waals surface area contributed by atoms with E-state index in [9.17, 15) is 4.79 Å². The fourth-order valence-electron chi connectivity index (χ4n) is 6.40. The Labute approximate surface area is 249 Å². The van der Waals surface area contributed by atoms with Crippen LogP contribution in [0.1, 0.15) is 36.0 Å². The zero-order chi connectivity index (χ0) is 28.8. The van der Waals surface area contributed by atoms with E-state index in [0.717, 1.165) is 65.2 Å². The minimum atomic E-state index is -0.737. The van der Waals surface area contributed by atoms with Crippen molar-refractivity contribution in [1.29, 1.82) is 0 Å². The lowest BCUT2D eigenvalue weighted by atomic mass is 9.88. The van der Waals surface area contributed by atoms with Crippen LogP contribution in [-0.2, 0) is 24.3 Å². The molecule has 7 heteroatoms. The summed E-state index contributed by atoms with van der Waals surface area (Å²) in [7, 11) is 0. The van der Waals surface area contributed by atoms with Crippen LogP contribution in [0.25, 0.3) is 16.6 Å². The van der Waals surface area contributed by atoms with Gasteiger partial charge in [0, 0.05) is 63.1 Å². The number of piperidine rings is 1. The molecule has 2 fully saturated rings. The highest BCUT2D eigenvalue weighted by Crippen LogP contribution is 2.28. The number of aromatic nitrogens is 1. The van der Waals surface area contributed by atoms with Crippen LogP contribution in [-0.4, -0.2) is 71.6 Å². The number of hydrogen-bond donors (Lipinski definition) is 3. The van der Waals surface area contributed by atoms with Gasteiger partial charge in [-0.15, -0.1) is 0 Å². The Hall–Kier alpha value is -3.49. The van der Waals surface area contributed by atoms with Crippen LogP contribution in [0.2, 0.25) is 0 Å². The number of nitrogens with one attached hydrogen (secondary N) is 2. The topological polar surface area (TPSA) is 78.6 Å². The van der Waals surface area contributed by atoms with E-state index in [0.29, 0.717) is 19.4 Å². The van der Waals surface area contributed by atoms with Gasteiger partial charge in [0.05, 0.1) is 11.1 Å². The van der Waals surface area contributed by atoms with Crippen molar-refractivity contribution in [2.45, 2.75) is 44.3 Å². The van der Waals surface area contributed by atoms with Gasteiger partial charge in [-0.3, -0.25) is 14.6 Å². The Kier molecular flexibility index (Phi) is 9.01. The number of amides is 1. The first kappa shape index (κ1) is 28.6. The summed E-state index contributed by atoms with van der Waals surface area (Å²) < 4.78 is 2.33. The fourth-order valence-corrected chi connectivity index (χ4v) is 6.40. The van der Waals surface area contributed by atoms with Crippen molar-refractivity contribution in [3.05, 3.63) is 102 Å². The van der Waals surface area contributed by atoms with Gasteiger partial charge in [0.15, 0.2) is 0 Å². The summed E-state index contributed by atoms with van der Waals surface area (Å²) in [6.45, 7) is 8.60. The molecule has 0 atom stereocenters. The van der Waals surface area contributed by atoms with Crippen molar-refractivity contribution < 1.29 is 4.79 Å². The Morgan fingerprint density at radius 2 is 1.48 bits per heavy atom. The van der Waals surface area contributed by atoms with E-state index in [2.05, 4.69) is 110 Å². The summed E-state index contributed by atoms with van der Waals surface area (Å²) in [5, 5.41) is 7.69. The van der Waals surface area contributed by atoms with Crippen molar-refractivity contribution >= 4 is 16.8 Å². The Morgan fingerprint density at radius 1 is 0.833 bits per heavy atom. The van der Waals surface area contributed by atoms with Gasteiger partial charge in [0.2, 0.25) is 5.91 Å². The van der Waals surface area contributed by atoms with E-state index >= 15 is 0 Å². The first-order valence-electron chi connectivity index (χ1n) is 15.5. The van der Waals surface area contributed by atoms with E-state index < -0.39 is 5.54 Å². The predicted octanol–water partition coefficient (Wildman–Crippen LogP) is 4.08. The van der Waals surface area contributed by atoms with Crippen LogP contribution in [0.5, 0.6) is 0 Å². The van der Waals surface area contributed by atoms with E-state index in [1.165, 1.54) is 33.3 Å². The lowest BCUT2D eigenvalue weighted by Crippen LogP contribution is -2.59. The molecular formula is C35H44N6O. The summed E-state index contributed by atoms with van der Waals surface area (Å²) in [5.41, 5.74) is 12.1. The minimum Gasteiger partial charge on any atom is -0.354 e. The molecule has 6 rings (SSSR count). The predicted molar refractivity (Wildman–Crippen MR) is 171 cm³/mol. The van der Waals surface area contributed by atoms with Gasteiger partial charge in [0.25, 0.3) is 0 Å².